The average Bonchev–Trinajstić information content (AvgIpc) is 2.95. The Morgan fingerprint density at radius 1 is 1.04 bits per heavy atom. The van der Waals surface area contributed by atoms with Crippen LogP contribution in [0.4, 0.5) is 10.5 Å². The van der Waals surface area contributed by atoms with Crippen LogP contribution in [0.5, 0.6) is 0 Å². The Morgan fingerprint density at radius 2 is 1.70 bits per heavy atom. The SMILES string of the molecule is CCOC(=O)NC(=O)COC(=O)/C=C/c1ccc(N2CCCCCC2)cc1. The lowest BCUT2D eigenvalue weighted by molar-refractivity contribution is -0.143. The minimum Gasteiger partial charge on any atom is -0.452 e. The number of esters is 1. The van der Waals surface area contributed by atoms with Crippen LogP contribution in [0.2, 0.25) is 0 Å². The van der Waals surface area contributed by atoms with Crippen molar-refractivity contribution in [3.63, 3.8) is 0 Å². The molecule has 0 bridgehead atoms. The molecular weight excluding hydrogens is 348 g/mol. The Labute approximate surface area is 159 Å². The number of hydrogen-bond donors (Lipinski definition) is 1. The van der Waals surface area contributed by atoms with Crippen LogP contribution in [0.15, 0.2) is 30.3 Å². The van der Waals surface area contributed by atoms with E-state index >= 15 is 0 Å². The second-order valence-electron chi connectivity index (χ2n) is 6.20. The first-order valence-electron chi connectivity index (χ1n) is 9.25. The van der Waals surface area contributed by atoms with E-state index in [0.29, 0.717) is 0 Å². The summed E-state index contributed by atoms with van der Waals surface area (Å²) in [6, 6.07) is 7.97. The number of anilines is 1. The minimum atomic E-state index is -0.862. The number of ether oxygens (including phenoxy) is 2. The predicted molar refractivity (Wildman–Crippen MR) is 102 cm³/mol. The fraction of sp³-hybridized carbons (Fsp3) is 0.450. The molecule has 1 fully saturated rings. The Balaban J connectivity index is 1.78. The summed E-state index contributed by atoms with van der Waals surface area (Å²) in [5.41, 5.74) is 2.05. The zero-order valence-corrected chi connectivity index (χ0v) is 15.6. The smallest absolute Gasteiger partial charge is 0.413 e. The molecule has 7 nitrogen and oxygen atoms in total. The van der Waals surface area contributed by atoms with Gasteiger partial charge in [0.1, 0.15) is 0 Å². The summed E-state index contributed by atoms with van der Waals surface area (Å²) in [7, 11) is 0. The molecule has 0 spiro atoms. The Hall–Kier alpha value is -2.83. The van der Waals surface area contributed by atoms with E-state index in [-0.39, 0.29) is 6.61 Å². The number of imide groups is 1. The summed E-state index contributed by atoms with van der Waals surface area (Å²) in [4.78, 5) is 36.5. The van der Waals surface area contributed by atoms with Gasteiger partial charge in [-0.1, -0.05) is 25.0 Å². The lowest BCUT2D eigenvalue weighted by Gasteiger charge is -2.22. The Morgan fingerprint density at radius 3 is 2.33 bits per heavy atom. The summed E-state index contributed by atoms with van der Waals surface area (Å²) in [5, 5.41) is 1.95. The zero-order valence-electron chi connectivity index (χ0n) is 15.6. The van der Waals surface area contributed by atoms with Crippen molar-refractivity contribution in [2.75, 3.05) is 31.2 Å². The maximum Gasteiger partial charge on any atom is 0.413 e. The number of benzene rings is 1. The average molecular weight is 374 g/mol. The van der Waals surface area contributed by atoms with Gasteiger partial charge in [-0.25, -0.2) is 9.59 Å². The van der Waals surface area contributed by atoms with Crippen molar-refractivity contribution in [1.29, 1.82) is 0 Å². The monoisotopic (exact) mass is 374 g/mol. The zero-order chi connectivity index (χ0) is 19.5. The van der Waals surface area contributed by atoms with E-state index in [4.69, 9.17) is 4.74 Å². The van der Waals surface area contributed by atoms with Gasteiger partial charge in [-0.3, -0.25) is 10.1 Å². The number of alkyl carbamates (subject to hydrolysis) is 1. The molecule has 146 valence electrons. The Bertz CT molecular complexity index is 661. The van der Waals surface area contributed by atoms with Gasteiger partial charge in [-0.15, -0.1) is 0 Å². The Kier molecular flexibility index (Phi) is 8.35. The molecule has 1 aromatic rings. The lowest BCUT2D eigenvalue weighted by Crippen LogP contribution is -2.34. The van der Waals surface area contributed by atoms with Crippen LogP contribution >= 0.6 is 0 Å². The van der Waals surface area contributed by atoms with E-state index in [1.54, 1.807) is 13.0 Å². The van der Waals surface area contributed by atoms with E-state index in [2.05, 4.69) is 9.64 Å². The highest BCUT2D eigenvalue weighted by atomic mass is 16.6. The number of nitrogens with zero attached hydrogens (tertiary/aromatic N) is 1. The molecule has 1 aromatic carbocycles. The van der Waals surface area contributed by atoms with Gasteiger partial charge in [0.05, 0.1) is 6.61 Å². The number of rotatable bonds is 6. The molecule has 0 aliphatic carbocycles. The molecule has 1 saturated heterocycles. The van der Waals surface area contributed by atoms with E-state index in [1.165, 1.54) is 37.4 Å². The van der Waals surface area contributed by atoms with Crippen LogP contribution in [0.1, 0.15) is 38.2 Å². The standard InChI is InChI=1S/C20H26N2O5/c1-2-26-20(25)21-18(23)15-27-19(24)12-9-16-7-10-17(11-8-16)22-13-5-3-4-6-14-22/h7-12H,2-6,13-15H2,1H3,(H,21,23,25)/b12-9+. The summed E-state index contributed by atoms with van der Waals surface area (Å²) in [6.45, 7) is 3.38. The number of amides is 2. The molecule has 2 rings (SSSR count). The molecule has 0 radical (unpaired) electrons. The fourth-order valence-corrected chi connectivity index (χ4v) is 2.79. The van der Waals surface area contributed by atoms with Crippen LogP contribution < -0.4 is 10.2 Å². The first-order chi connectivity index (χ1) is 13.1. The highest BCUT2D eigenvalue weighted by Gasteiger charge is 2.11. The summed E-state index contributed by atoms with van der Waals surface area (Å²) in [6.07, 6.45) is 7.03. The molecule has 0 saturated carbocycles. The number of carbonyl (C=O) groups is 3. The van der Waals surface area contributed by atoms with Gasteiger partial charge < -0.3 is 14.4 Å². The van der Waals surface area contributed by atoms with Crippen LogP contribution in [0.25, 0.3) is 6.08 Å². The largest absolute Gasteiger partial charge is 0.452 e. The van der Waals surface area contributed by atoms with Crippen LogP contribution in [0.3, 0.4) is 0 Å². The minimum absolute atomic E-state index is 0.151. The van der Waals surface area contributed by atoms with Crippen molar-refractivity contribution in [1.82, 2.24) is 5.32 Å². The number of carbonyl (C=O) groups excluding carboxylic acids is 3. The van der Waals surface area contributed by atoms with Crippen molar-refractivity contribution >= 4 is 29.7 Å². The van der Waals surface area contributed by atoms with Gasteiger partial charge in [0.25, 0.3) is 5.91 Å². The van der Waals surface area contributed by atoms with E-state index in [9.17, 15) is 14.4 Å². The first-order valence-corrected chi connectivity index (χ1v) is 9.25. The van der Waals surface area contributed by atoms with Crippen molar-refractivity contribution in [3.8, 4) is 0 Å². The molecular formula is C20H26N2O5. The predicted octanol–water partition coefficient (Wildman–Crippen LogP) is 2.90. The fourth-order valence-electron chi connectivity index (χ4n) is 2.79. The highest BCUT2D eigenvalue weighted by molar-refractivity contribution is 5.94. The summed E-state index contributed by atoms with van der Waals surface area (Å²) < 4.78 is 9.34. The molecule has 0 atom stereocenters. The second-order valence-corrected chi connectivity index (χ2v) is 6.20. The van der Waals surface area contributed by atoms with Crippen LogP contribution in [-0.4, -0.2) is 44.3 Å². The van der Waals surface area contributed by atoms with Crippen LogP contribution in [-0.2, 0) is 19.1 Å². The maximum absolute atomic E-state index is 11.7. The highest BCUT2D eigenvalue weighted by Crippen LogP contribution is 2.20. The molecule has 1 aliphatic rings. The normalized spacial score (nSPS) is 14.5. The van der Waals surface area contributed by atoms with E-state index < -0.39 is 24.6 Å². The molecule has 0 aromatic heterocycles. The van der Waals surface area contributed by atoms with Crippen LogP contribution in [0, 0.1) is 0 Å². The summed E-state index contributed by atoms with van der Waals surface area (Å²) in [5.74, 6) is -1.40. The van der Waals surface area contributed by atoms with Crippen molar-refractivity contribution < 1.29 is 23.9 Å². The van der Waals surface area contributed by atoms with Gasteiger partial charge >= 0.3 is 12.1 Å². The third kappa shape index (κ3) is 7.52. The van der Waals surface area contributed by atoms with Gasteiger partial charge in [-0.05, 0) is 43.5 Å². The van der Waals surface area contributed by atoms with Gasteiger partial charge in [-0.2, -0.15) is 0 Å². The summed E-state index contributed by atoms with van der Waals surface area (Å²) >= 11 is 0. The number of hydrogen-bond acceptors (Lipinski definition) is 6. The second kappa shape index (κ2) is 11.0. The molecule has 27 heavy (non-hydrogen) atoms. The molecule has 1 aliphatic heterocycles. The molecule has 2 amide bonds. The van der Waals surface area contributed by atoms with Crippen molar-refractivity contribution in [2.45, 2.75) is 32.6 Å². The lowest BCUT2D eigenvalue weighted by atomic mass is 10.1. The number of nitrogens with one attached hydrogen (secondary N) is 1. The topological polar surface area (TPSA) is 84.9 Å². The van der Waals surface area contributed by atoms with Gasteiger partial charge in [0.15, 0.2) is 6.61 Å². The van der Waals surface area contributed by atoms with Crippen molar-refractivity contribution in [3.05, 3.63) is 35.9 Å². The van der Waals surface area contributed by atoms with E-state index in [0.717, 1.165) is 18.7 Å². The third-order valence-electron chi connectivity index (χ3n) is 4.14. The van der Waals surface area contributed by atoms with E-state index in [1.807, 2.05) is 29.6 Å². The molecule has 7 heteroatoms. The van der Waals surface area contributed by atoms with Crippen molar-refractivity contribution in [2.24, 2.45) is 0 Å². The van der Waals surface area contributed by atoms with Gasteiger partial charge in [0, 0.05) is 24.9 Å². The quantitative estimate of drug-likeness (QED) is 0.609. The molecule has 1 heterocycles. The molecule has 1 N–H and O–H groups in total. The van der Waals surface area contributed by atoms with Gasteiger partial charge in [0.2, 0.25) is 0 Å². The third-order valence-corrected chi connectivity index (χ3v) is 4.14. The first kappa shape index (κ1) is 20.5. The molecule has 0 unspecified atom stereocenters. The maximum atomic E-state index is 11.7.